The van der Waals surface area contributed by atoms with Crippen molar-refractivity contribution in [3.8, 4) is 0 Å². The average molecular weight is 166 g/mol. The fourth-order valence-electron chi connectivity index (χ4n) is 1.94. The van der Waals surface area contributed by atoms with Gasteiger partial charge in [-0.25, -0.2) is 0 Å². The monoisotopic (exact) mass is 166 g/mol. The van der Waals surface area contributed by atoms with Crippen LogP contribution in [0.3, 0.4) is 0 Å². The highest BCUT2D eigenvalue weighted by Crippen LogP contribution is 2.20. The van der Waals surface area contributed by atoms with Crippen LogP contribution in [0.2, 0.25) is 0 Å². The van der Waals surface area contributed by atoms with Crippen molar-refractivity contribution in [3.63, 3.8) is 0 Å². The Balaban J connectivity index is 2.29. The Morgan fingerprint density at radius 3 is 2.75 bits per heavy atom. The number of allylic oxidation sites excluding steroid dienone is 2. The van der Waals surface area contributed by atoms with E-state index in [2.05, 4.69) is 19.1 Å². The quantitative estimate of drug-likeness (QED) is 0.509. The molecule has 0 saturated heterocycles. The SMILES string of the molecule is CCC1C/C=C/CCCCCC1. The van der Waals surface area contributed by atoms with Crippen LogP contribution in [0.4, 0.5) is 0 Å². The van der Waals surface area contributed by atoms with Crippen molar-refractivity contribution < 1.29 is 0 Å². The summed E-state index contributed by atoms with van der Waals surface area (Å²) in [6.45, 7) is 2.32. The lowest BCUT2D eigenvalue weighted by atomic mass is 9.93. The van der Waals surface area contributed by atoms with Crippen molar-refractivity contribution in [1.29, 1.82) is 0 Å². The molecule has 0 bridgehead atoms. The van der Waals surface area contributed by atoms with Crippen molar-refractivity contribution in [2.75, 3.05) is 0 Å². The zero-order valence-corrected chi connectivity index (χ0v) is 8.39. The van der Waals surface area contributed by atoms with Crippen LogP contribution >= 0.6 is 0 Å². The summed E-state index contributed by atoms with van der Waals surface area (Å²) >= 11 is 0. The summed E-state index contributed by atoms with van der Waals surface area (Å²) in [5.74, 6) is 0.972. The molecular formula is C12H22. The highest BCUT2D eigenvalue weighted by molar-refractivity contribution is 4.84. The summed E-state index contributed by atoms with van der Waals surface area (Å²) in [7, 11) is 0. The first kappa shape index (κ1) is 9.83. The van der Waals surface area contributed by atoms with Crippen LogP contribution < -0.4 is 0 Å². The van der Waals surface area contributed by atoms with Crippen molar-refractivity contribution in [2.45, 2.75) is 58.3 Å². The Kier molecular flexibility index (Phi) is 5.14. The van der Waals surface area contributed by atoms with Gasteiger partial charge in [0.1, 0.15) is 0 Å². The van der Waals surface area contributed by atoms with E-state index in [9.17, 15) is 0 Å². The number of hydrogen-bond donors (Lipinski definition) is 0. The van der Waals surface area contributed by atoms with E-state index in [0.29, 0.717) is 0 Å². The van der Waals surface area contributed by atoms with E-state index < -0.39 is 0 Å². The number of hydrogen-bond acceptors (Lipinski definition) is 0. The molecule has 0 heteroatoms. The maximum Gasteiger partial charge on any atom is -0.0322 e. The molecule has 0 radical (unpaired) electrons. The molecule has 0 N–H and O–H groups in total. The van der Waals surface area contributed by atoms with Crippen molar-refractivity contribution in [3.05, 3.63) is 12.2 Å². The average Bonchev–Trinajstić information content (AvgIpc) is 2.14. The van der Waals surface area contributed by atoms with Gasteiger partial charge in [-0.3, -0.25) is 0 Å². The summed E-state index contributed by atoms with van der Waals surface area (Å²) in [4.78, 5) is 0. The maximum atomic E-state index is 2.40. The minimum Gasteiger partial charge on any atom is -0.0885 e. The first-order valence-corrected chi connectivity index (χ1v) is 5.58. The lowest BCUT2D eigenvalue weighted by Gasteiger charge is -2.13. The molecule has 0 nitrogen and oxygen atoms in total. The van der Waals surface area contributed by atoms with Crippen LogP contribution in [-0.2, 0) is 0 Å². The third-order valence-electron chi connectivity index (χ3n) is 2.95. The molecule has 0 aromatic carbocycles. The molecule has 1 aliphatic rings. The fraction of sp³-hybridized carbons (Fsp3) is 0.833. The van der Waals surface area contributed by atoms with E-state index in [0.717, 1.165) is 5.92 Å². The van der Waals surface area contributed by atoms with Gasteiger partial charge >= 0.3 is 0 Å². The normalized spacial score (nSPS) is 29.6. The smallest absolute Gasteiger partial charge is 0.0322 e. The topological polar surface area (TPSA) is 0 Å². The van der Waals surface area contributed by atoms with Gasteiger partial charge in [-0.05, 0) is 25.2 Å². The van der Waals surface area contributed by atoms with Crippen molar-refractivity contribution in [2.24, 2.45) is 5.92 Å². The van der Waals surface area contributed by atoms with Crippen LogP contribution in [0, 0.1) is 5.92 Å². The zero-order valence-electron chi connectivity index (χ0n) is 8.39. The third-order valence-corrected chi connectivity index (χ3v) is 2.95. The molecule has 0 heterocycles. The second-order valence-electron chi connectivity index (χ2n) is 3.97. The summed E-state index contributed by atoms with van der Waals surface area (Å²) < 4.78 is 0. The second-order valence-corrected chi connectivity index (χ2v) is 3.97. The molecule has 1 aliphatic carbocycles. The van der Waals surface area contributed by atoms with Crippen LogP contribution in [0.25, 0.3) is 0 Å². The van der Waals surface area contributed by atoms with Gasteiger partial charge in [0.2, 0.25) is 0 Å². The van der Waals surface area contributed by atoms with Gasteiger partial charge in [0.25, 0.3) is 0 Å². The molecule has 0 amide bonds. The van der Waals surface area contributed by atoms with Crippen molar-refractivity contribution in [1.82, 2.24) is 0 Å². The molecule has 0 fully saturated rings. The van der Waals surface area contributed by atoms with Crippen LogP contribution in [-0.4, -0.2) is 0 Å². The molecule has 0 saturated carbocycles. The standard InChI is InChI=1S/C12H22/c1-2-12-10-8-6-4-3-5-7-9-11-12/h6,8,12H,2-5,7,9-11H2,1H3/b8-6+. The first-order valence-electron chi connectivity index (χ1n) is 5.58. The Morgan fingerprint density at radius 2 is 1.92 bits per heavy atom. The Bertz CT molecular complexity index is 124. The summed E-state index contributed by atoms with van der Waals surface area (Å²) in [6.07, 6.45) is 16.0. The minimum absolute atomic E-state index is 0.972. The molecule has 0 aromatic rings. The van der Waals surface area contributed by atoms with Gasteiger partial charge in [0.05, 0.1) is 0 Å². The molecule has 0 aliphatic heterocycles. The predicted octanol–water partition coefficient (Wildman–Crippen LogP) is 4.31. The first-order chi connectivity index (χ1) is 5.93. The maximum absolute atomic E-state index is 2.40. The second kappa shape index (κ2) is 6.28. The molecule has 1 rings (SSSR count). The van der Waals surface area contributed by atoms with Gasteiger partial charge < -0.3 is 0 Å². The highest BCUT2D eigenvalue weighted by atomic mass is 14.1. The Labute approximate surface area is 77.1 Å². The summed E-state index contributed by atoms with van der Waals surface area (Å²) in [6, 6.07) is 0. The molecular weight excluding hydrogens is 144 g/mol. The van der Waals surface area contributed by atoms with E-state index in [1.165, 1.54) is 51.4 Å². The Morgan fingerprint density at radius 1 is 1.08 bits per heavy atom. The lowest BCUT2D eigenvalue weighted by molar-refractivity contribution is 0.440. The fourth-order valence-corrected chi connectivity index (χ4v) is 1.94. The van der Waals surface area contributed by atoms with E-state index in [1.54, 1.807) is 0 Å². The van der Waals surface area contributed by atoms with E-state index in [-0.39, 0.29) is 0 Å². The molecule has 12 heavy (non-hydrogen) atoms. The minimum atomic E-state index is 0.972. The van der Waals surface area contributed by atoms with Gasteiger partial charge in [0, 0.05) is 0 Å². The zero-order chi connectivity index (χ0) is 8.65. The van der Waals surface area contributed by atoms with Gasteiger partial charge in [-0.1, -0.05) is 51.2 Å². The van der Waals surface area contributed by atoms with Crippen LogP contribution in [0.1, 0.15) is 58.3 Å². The van der Waals surface area contributed by atoms with Gasteiger partial charge in [-0.15, -0.1) is 0 Å². The van der Waals surface area contributed by atoms with E-state index in [4.69, 9.17) is 0 Å². The molecule has 1 unspecified atom stereocenters. The van der Waals surface area contributed by atoms with Crippen LogP contribution in [0.5, 0.6) is 0 Å². The third kappa shape index (κ3) is 3.94. The molecule has 0 aromatic heterocycles. The summed E-state index contributed by atoms with van der Waals surface area (Å²) in [5.41, 5.74) is 0. The van der Waals surface area contributed by atoms with E-state index in [1.807, 2.05) is 0 Å². The molecule has 1 atom stereocenters. The van der Waals surface area contributed by atoms with Gasteiger partial charge in [-0.2, -0.15) is 0 Å². The predicted molar refractivity (Wildman–Crippen MR) is 55.2 cm³/mol. The Hall–Kier alpha value is -0.260. The van der Waals surface area contributed by atoms with Crippen molar-refractivity contribution >= 4 is 0 Å². The molecule has 70 valence electrons. The number of rotatable bonds is 1. The van der Waals surface area contributed by atoms with E-state index >= 15 is 0 Å². The molecule has 0 spiro atoms. The van der Waals surface area contributed by atoms with Gasteiger partial charge in [0.15, 0.2) is 0 Å². The largest absolute Gasteiger partial charge is 0.0885 e. The lowest BCUT2D eigenvalue weighted by Crippen LogP contribution is -1.98. The highest BCUT2D eigenvalue weighted by Gasteiger charge is 2.04. The summed E-state index contributed by atoms with van der Waals surface area (Å²) in [5, 5.41) is 0. The van der Waals surface area contributed by atoms with Crippen LogP contribution in [0.15, 0.2) is 12.2 Å².